The van der Waals surface area contributed by atoms with Gasteiger partial charge in [-0.15, -0.1) is 12.4 Å². The van der Waals surface area contributed by atoms with Crippen LogP contribution in [0.2, 0.25) is 0 Å². The second-order valence-corrected chi connectivity index (χ2v) is 7.37. The molecule has 1 saturated carbocycles. The number of hydrogen-bond acceptors (Lipinski definition) is 4. The lowest BCUT2D eigenvalue weighted by Crippen LogP contribution is -2.52. The molecule has 0 aromatic carbocycles. The van der Waals surface area contributed by atoms with Crippen LogP contribution in [0.4, 0.5) is 0 Å². The molecule has 0 aromatic rings. The molecule has 2 rings (SSSR count). The standard InChI is InChI=1S/C18H31N3O4.ClH/c19-17(24)15-9-6-10-21(15)18(25)14(20-12-16(22)23)11-13-7-4-2-1-3-5-8-13;/h13-15,20H,1-12H2,(H2,19,24)(H,22,23);1H/t14?,15-;/m0./s1. The van der Waals surface area contributed by atoms with Crippen LogP contribution < -0.4 is 11.1 Å². The van der Waals surface area contributed by atoms with Crippen molar-refractivity contribution in [2.24, 2.45) is 11.7 Å². The molecule has 2 fully saturated rings. The number of carbonyl (C=O) groups is 3. The molecule has 2 atom stereocenters. The molecule has 4 N–H and O–H groups in total. The van der Waals surface area contributed by atoms with Gasteiger partial charge in [-0.25, -0.2) is 0 Å². The Morgan fingerprint density at radius 1 is 1.04 bits per heavy atom. The topological polar surface area (TPSA) is 113 Å². The summed E-state index contributed by atoms with van der Waals surface area (Å²) in [6.45, 7) is 0.264. The number of amides is 2. The zero-order valence-electron chi connectivity index (χ0n) is 15.3. The van der Waals surface area contributed by atoms with Gasteiger partial charge >= 0.3 is 5.97 Å². The SMILES string of the molecule is Cl.NC(=O)[C@@H]1CCCN1C(=O)C(CC1CCCCCCC1)NCC(=O)O. The molecule has 1 unspecified atom stereocenters. The number of carboxylic acid groups (broad SMARTS) is 1. The van der Waals surface area contributed by atoms with E-state index in [1.54, 1.807) is 4.90 Å². The van der Waals surface area contributed by atoms with Crippen molar-refractivity contribution in [1.29, 1.82) is 0 Å². The van der Waals surface area contributed by atoms with Crippen molar-refractivity contribution in [1.82, 2.24) is 10.2 Å². The van der Waals surface area contributed by atoms with Crippen LogP contribution in [-0.4, -0.2) is 53.0 Å². The summed E-state index contributed by atoms with van der Waals surface area (Å²) in [5.74, 6) is -1.22. The van der Waals surface area contributed by atoms with Gasteiger partial charge in [-0.2, -0.15) is 0 Å². The molecule has 26 heavy (non-hydrogen) atoms. The third kappa shape index (κ3) is 6.76. The third-order valence-electron chi connectivity index (χ3n) is 5.46. The molecule has 1 heterocycles. The number of aliphatic carboxylic acids is 1. The summed E-state index contributed by atoms with van der Waals surface area (Å²) in [7, 11) is 0. The fourth-order valence-electron chi connectivity index (χ4n) is 4.12. The van der Waals surface area contributed by atoms with Crippen LogP contribution in [0.15, 0.2) is 0 Å². The average Bonchev–Trinajstić information content (AvgIpc) is 3.02. The molecule has 1 aliphatic heterocycles. The summed E-state index contributed by atoms with van der Waals surface area (Å²) >= 11 is 0. The first kappa shape index (κ1) is 22.7. The van der Waals surface area contributed by atoms with E-state index in [1.807, 2.05) is 0 Å². The Hall–Kier alpha value is -1.34. The molecule has 0 bridgehead atoms. The van der Waals surface area contributed by atoms with Gasteiger partial charge in [0.2, 0.25) is 11.8 Å². The molecule has 7 nitrogen and oxygen atoms in total. The number of nitrogens with two attached hydrogens (primary N) is 1. The molecule has 0 aromatic heterocycles. The van der Waals surface area contributed by atoms with Gasteiger partial charge in [0, 0.05) is 6.54 Å². The fraction of sp³-hybridized carbons (Fsp3) is 0.833. The lowest BCUT2D eigenvalue weighted by atomic mass is 9.86. The number of nitrogens with one attached hydrogen (secondary N) is 1. The largest absolute Gasteiger partial charge is 0.480 e. The van der Waals surface area contributed by atoms with Gasteiger partial charge in [0.15, 0.2) is 0 Å². The highest BCUT2D eigenvalue weighted by Gasteiger charge is 2.36. The van der Waals surface area contributed by atoms with Crippen LogP contribution in [0.3, 0.4) is 0 Å². The van der Waals surface area contributed by atoms with Gasteiger partial charge in [-0.1, -0.05) is 44.9 Å². The van der Waals surface area contributed by atoms with E-state index in [1.165, 1.54) is 19.3 Å². The quantitative estimate of drug-likeness (QED) is 0.613. The number of hydrogen-bond donors (Lipinski definition) is 3. The maximum absolute atomic E-state index is 13.0. The zero-order valence-corrected chi connectivity index (χ0v) is 16.1. The highest BCUT2D eigenvalue weighted by atomic mass is 35.5. The van der Waals surface area contributed by atoms with E-state index in [0.29, 0.717) is 25.3 Å². The summed E-state index contributed by atoms with van der Waals surface area (Å²) in [6.07, 6.45) is 10.2. The number of rotatable bonds is 7. The first-order valence-electron chi connectivity index (χ1n) is 9.54. The highest BCUT2D eigenvalue weighted by molar-refractivity contribution is 5.90. The Morgan fingerprint density at radius 3 is 2.23 bits per heavy atom. The molecule has 1 aliphatic carbocycles. The van der Waals surface area contributed by atoms with E-state index in [0.717, 1.165) is 32.1 Å². The molecule has 8 heteroatoms. The van der Waals surface area contributed by atoms with E-state index in [-0.39, 0.29) is 24.9 Å². The zero-order chi connectivity index (χ0) is 18.2. The molecule has 2 aliphatic rings. The molecule has 2 amide bonds. The normalized spacial score (nSPS) is 22.8. The highest BCUT2D eigenvalue weighted by Crippen LogP contribution is 2.27. The van der Waals surface area contributed by atoms with Gasteiger partial charge in [0.05, 0.1) is 12.6 Å². The summed E-state index contributed by atoms with van der Waals surface area (Å²) in [6, 6.07) is -1.11. The molecular weight excluding hydrogens is 358 g/mol. The van der Waals surface area contributed by atoms with Gasteiger partial charge in [0.25, 0.3) is 0 Å². The van der Waals surface area contributed by atoms with Crippen LogP contribution in [-0.2, 0) is 14.4 Å². The minimum Gasteiger partial charge on any atom is -0.480 e. The lowest BCUT2D eigenvalue weighted by molar-refractivity contribution is -0.140. The number of carboxylic acids is 1. The fourth-order valence-corrected chi connectivity index (χ4v) is 4.12. The van der Waals surface area contributed by atoms with Crippen LogP contribution in [0.1, 0.15) is 64.2 Å². The van der Waals surface area contributed by atoms with E-state index >= 15 is 0 Å². The number of likely N-dealkylation sites (tertiary alicyclic amines) is 1. The third-order valence-corrected chi connectivity index (χ3v) is 5.46. The minimum atomic E-state index is -0.983. The Bertz CT molecular complexity index is 481. The van der Waals surface area contributed by atoms with Gasteiger partial charge < -0.3 is 15.7 Å². The summed E-state index contributed by atoms with van der Waals surface area (Å²) in [5.41, 5.74) is 5.42. The van der Waals surface area contributed by atoms with Crippen molar-refractivity contribution >= 4 is 30.2 Å². The van der Waals surface area contributed by atoms with Gasteiger partial charge in [0.1, 0.15) is 6.04 Å². The minimum absolute atomic E-state index is 0. The maximum atomic E-state index is 13.0. The number of carbonyl (C=O) groups excluding carboxylic acids is 2. The molecular formula is C18H32ClN3O4. The first-order valence-corrected chi connectivity index (χ1v) is 9.54. The van der Waals surface area contributed by atoms with Crippen LogP contribution in [0.25, 0.3) is 0 Å². The molecule has 0 spiro atoms. The lowest BCUT2D eigenvalue weighted by Gasteiger charge is -2.30. The van der Waals surface area contributed by atoms with Crippen LogP contribution in [0, 0.1) is 5.92 Å². The monoisotopic (exact) mass is 389 g/mol. The summed E-state index contributed by atoms with van der Waals surface area (Å²) in [4.78, 5) is 37.1. The average molecular weight is 390 g/mol. The number of primary amides is 1. The molecule has 150 valence electrons. The van der Waals surface area contributed by atoms with E-state index in [4.69, 9.17) is 10.8 Å². The Labute approximate surface area is 161 Å². The van der Waals surface area contributed by atoms with Crippen molar-refractivity contribution in [3.05, 3.63) is 0 Å². The van der Waals surface area contributed by atoms with Gasteiger partial charge in [-0.3, -0.25) is 19.7 Å². The predicted octanol–water partition coefficient (Wildman–Crippen LogP) is 1.68. The smallest absolute Gasteiger partial charge is 0.317 e. The Balaban J connectivity index is 0.00000338. The van der Waals surface area contributed by atoms with Crippen LogP contribution >= 0.6 is 12.4 Å². The van der Waals surface area contributed by atoms with Crippen molar-refractivity contribution in [2.45, 2.75) is 76.3 Å². The van der Waals surface area contributed by atoms with E-state index in [2.05, 4.69) is 5.32 Å². The predicted molar refractivity (Wildman–Crippen MR) is 101 cm³/mol. The summed E-state index contributed by atoms with van der Waals surface area (Å²) in [5, 5.41) is 11.9. The second kappa shape index (κ2) is 11.4. The van der Waals surface area contributed by atoms with E-state index < -0.39 is 24.0 Å². The van der Waals surface area contributed by atoms with Gasteiger partial charge in [-0.05, 0) is 25.2 Å². The second-order valence-electron chi connectivity index (χ2n) is 7.37. The number of nitrogens with zero attached hydrogens (tertiary/aromatic N) is 1. The van der Waals surface area contributed by atoms with Crippen LogP contribution in [0.5, 0.6) is 0 Å². The Morgan fingerprint density at radius 2 is 1.65 bits per heavy atom. The Kier molecular flexibility index (Phi) is 9.94. The summed E-state index contributed by atoms with van der Waals surface area (Å²) < 4.78 is 0. The maximum Gasteiger partial charge on any atom is 0.317 e. The van der Waals surface area contributed by atoms with E-state index in [9.17, 15) is 14.4 Å². The molecule has 1 saturated heterocycles. The van der Waals surface area contributed by atoms with Crippen molar-refractivity contribution in [3.8, 4) is 0 Å². The molecule has 0 radical (unpaired) electrons. The number of halogens is 1. The van der Waals surface area contributed by atoms with Crippen molar-refractivity contribution in [2.75, 3.05) is 13.1 Å². The first-order chi connectivity index (χ1) is 12.0. The van der Waals surface area contributed by atoms with Crippen molar-refractivity contribution in [3.63, 3.8) is 0 Å². The van der Waals surface area contributed by atoms with Crippen molar-refractivity contribution < 1.29 is 19.5 Å².